The van der Waals surface area contributed by atoms with E-state index in [2.05, 4.69) is 0 Å². The molecule has 4 rings (SSSR count). The van der Waals surface area contributed by atoms with E-state index in [1.54, 1.807) is 0 Å². The molecule has 3 aromatic rings. The largest absolute Gasteiger partial charge is 0.465 e. The van der Waals surface area contributed by atoms with Gasteiger partial charge in [-0.05, 0) is 53.6 Å². The summed E-state index contributed by atoms with van der Waals surface area (Å²) in [5, 5.41) is 0.665. The fourth-order valence-corrected chi connectivity index (χ4v) is 5.65. The maximum atomic E-state index is 13.2. The highest BCUT2D eigenvalue weighted by atomic mass is 35.5. The average Bonchev–Trinajstić information content (AvgIpc) is 2.69. The van der Waals surface area contributed by atoms with Crippen LogP contribution in [0.3, 0.4) is 0 Å². The van der Waals surface area contributed by atoms with Crippen LogP contribution in [0.4, 0.5) is 0 Å². The number of carbonyl (C=O) groups is 1. The molecule has 0 amide bonds. The molecule has 27 heavy (non-hydrogen) atoms. The standard InChI is InChI=1S/C21H15ClO3S2/c1-25-21(23)18-11-16(26-15-8-6-14(22)7-9-15)12-20-17(18)10-13-4-2-3-5-19(13)27(20)24/h2-9,11-12H,10H2,1H3. The van der Waals surface area contributed by atoms with Gasteiger partial charge in [-0.25, -0.2) is 9.00 Å². The number of halogens is 1. The smallest absolute Gasteiger partial charge is 0.338 e. The van der Waals surface area contributed by atoms with Gasteiger partial charge in [-0.2, -0.15) is 0 Å². The molecule has 0 bridgehead atoms. The summed E-state index contributed by atoms with van der Waals surface area (Å²) in [6, 6.07) is 18.8. The molecule has 0 N–H and O–H groups in total. The Kier molecular flexibility index (Phi) is 5.08. The van der Waals surface area contributed by atoms with Crippen molar-refractivity contribution in [3.63, 3.8) is 0 Å². The third-order valence-electron chi connectivity index (χ3n) is 4.38. The molecule has 0 fully saturated rings. The number of ether oxygens (including phenoxy) is 1. The average molecular weight is 415 g/mol. The number of hydrogen-bond acceptors (Lipinski definition) is 4. The molecule has 136 valence electrons. The molecule has 1 aliphatic rings. The Morgan fingerprint density at radius 2 is 1.78 bits per heavy atom. The van der Waals surface area contributed by atoms with Crippen molar-refractivity contribution in [2.24, 2.45) is 0 Å². The van der Waals surface area contributed by atoms with Gasteiger partial charge in [0.25, 0.3) is 0 Å². The van der Waals surface area contributed by atoms with E-state index in [-0.39, 0.29) is 0 Å². The molecule has 0 aromatic heterocycles. The summed E-state index contributed by atoms with van der Waals surface area (Å²) in [4.78, 5) is 15.7. The highest BCUT2D eigenvalue weighted by Gasteiger charge is 2.27. The highest BCUT2D eigenvalue weighted by molar-refractivity contribution is 7.99. The fourth-order valence-electron chi connectivity index (χ4n) is 3.10. The number of hydrogen-bond donors (Lipinski definition) is 0. The van der Waals surface area contributed by atoms with Crippen LogP contribution < -0.4 is 0 Å². The predicted octanol–water partition coefficient (Wildman–Crippen LogP) is 5.35. The van der Waals surface area contributed by atoms with E-state index < -0.39 is 16.8 Å². The molecular formula is C21H15ClO3S2. The number of methoxy groups -OCH3 is 1. The van der Waals surface area contributed by atoms with Gasteiger partial charge in [0.15, 0.2) is 0 Å². The maximum Gasteiger partial charge on any atom is 0.338 e. The van der Waals surface area contributed by atoms with Crippen LogP contribution in [0.15, 0.2) is 80.2 Å². The minimum atomic E-state index is -1.33. The van der Waals surface area contributed by atoms with Crippen molar-refractivity contribution in [1.82, 2.24) is 0 Å². The van der Waals surface area contributed by atoms with Crippen LogP contribution in [-0.4, -0.2) is 17.3 Å². The molecule has 0 saturated heterocycles. The second-order valence-corrected chi connectivity index (χ2v) is 9.05. The first kappa shape index (κ1) is 18.3. The molecule has 0 saturated carbocycles. The molecule has 1 atom stereocenters. The van der Waals surface area contributed by atoms with Gasteiger partial charge in [0.1, 0.15) is 0 Å². The zero-order valence-electron chi connectivity index (χ0n) is 14.4. The van der Waals surface area contributed by atoms with Crippen LogP contribution in [0.5, 0.6) is 0 Å². The van der Waals surface area contributed by atoms with E-state index in [0.717, 1.165) is 25.8 Å². The lowest BCUT2D eigenvalue weighted by Crippen LogP contribution is -2.15. The maximum absolute atomic E-state index is 13.2. The summed E-state index contributed by atoms with van der Waals surface area (Å²) in [5.41, 5.74) is 2.22. The van der Waals surface area contributed by atoms with Crippen LogP contribution >= 0.6 is 23.4 Å². The lowest BCUT2D eigenvalue weighted by Gasteiger charge is -2.22. The third-order valence-corrected chi connectivity index (χ3v) is 7.17. The van der Waals surface area contributed by atoms with Crippen molar-refractivity contribution < 1.29 is 13.7 Å². The summed E-state index contributed by atoms with van der Waals surface area (Å²) in [6.45, 7) is 0. The van der Waals surface area contributed by atoms with E-state index in [9.17, 15) is 9.00 Å². The SMILES string of the molecule is COC(=O)c1cc(Sc2ccc(Cl)cc2)cc2c1Cc1ccccc1S2=O. The first-order valence-electron chi connectivity index (χ1n) is 8.25. The van der Waals surface area contributed by atoms with Crippen LogP contribution in [-0.2, 0) is 22.0 Å². The number of benzene rings is 3. The Labute approximate surface area is 169 Å². The van der Waals surface area contributed by atoms with Crippen molar-refractivity contribution in [1.29, 1.82) is 0 Å². The van der Waals surface area contributed by atoms with Crippen LogP contribution in [0.25, 0.3) is 0 Å². The molecule has 0 spiro atoms. The third kappa shape index (κ3) is 3.55. The van der Waals surface area contributed by atoms with Crippen molar-refractivity contribution in [2.75, 3.05) is 7.11 Å². The van der Waals surface area contributed by atoms with Crippen molar-refractivity contribution in [3.05, 3.63) is 82.4 Å². The number of fused-ring (bicyclic) bond motifs is 2. The predicted molar refractivity (Wildman–Crippen MR) is 107 cm³/mol. The van der Waals surface area contributed by atoms with Crippen molar-refractivity contribution >= 4 is 40.1 Å². The Balaban J connectivity index is 1.82. The molecule has 6 heteroatoms. The minimum absolute atomic E-state index is 0.416. The second-order valence-electron chi connectivity index (χ2n) is 6.05. The van der Waals surface area contributed by atoms with Crippen molar-refractivity contribution in [2.45, 2.75) is 26.0 Å². The Morgan fingerprint density at radius 1 is 1.04 bits per heavy atom. The number of rotatable bonds is 3. The van der Waals surface area contributed by atoms with Gasteiger partial charge in [-0.3, -0.25) is 0 Å². The Hall–Kier alpha value is -2.08. The number of carbonyl (C=O) groups excluding carboxylic acids is 1. The summed E-state index contributed by atoms with van der Waals surface area (Å²) in [7, 11) is 0.0295. The zero-order chi connectivity index (χ0) is 19.0. The van der Waals surface area contributed by atoms with E-state index >= 15 is 0 Å². The molecule has 1 heterocycles. The molecule has 1 unspecified atom stereocenters. The normalized spacial score (nSPS) is 15.0. The molecule has 0 aliphatic carbocycles. The summed E-state index contributed by atoms with van der Waals surface area (Å²) < 4.78 is 18.1. The molecule has 1 aliphatic heterocycles. The lowest BCUT2D eigenvalue weighted by molar-refractivity contribution is 0.0599. The summed E-state index contributed by atoms with van der Waals surface area (Å²) in [5.74, 6) is -0.416. The Bertz CT molecular complexity index is 1060. The lowest BCUT2D eigenvalue weighted by atomic mass is 9.99. The van der Waals surface area contributed by atoms with E-state index in [1.165, 1.54) is 18.9 Å². The van der Waals surface area contributed by atoms with E-state index in [4.69, 9.17) is 16.3 Å². The molecular weight excluding hydrogens is 400 g/mol. The topological polar surface area (TPSA) is 43.4 Å². The molecule has 0 radical (unpaired) electrons. The summed E-state index contributed by atoms with van der Waals surface area (Å²) in [6.07, 6.45) is 0.563. The van der Waals surface area contributed by atoms with Gasteiger partial charge in [0, 0.05) is 31.0 Å². The quantitative estimate of drug-likeness (QED) is 0.424. The van der Waals surface area contributed by atoms with Gasteiger partial charge in [-0.15, -0.1) is 0 Å². The van der Waals surface area contributed by atoms with E-state index in [0.29, 0.717) is 21.9 Å². The van der Waals surface area contributed by atoms with Gasteiger partial charge in [0.2, 0.25) is 0 Å². The number of esters is 1. The zero-order valence-corrected chi connectivity index (χ0v) is 16.8. The first-order chi connectivity index (χ1) is 13.1. The molecule has 3 nitrogen and oxygen atoms in total. The fraction of sp³-hybridized carbons (Fsp3) is 0.0952. The van der Waals surface area contributed by atoms with Crippen LogP contribution in [0.2, 0.25) is 5.02 Å². The second kappa shape index (κ2) is 7.50. The van der Waals surface area contributed by atoms with E-state index in [1.807, 2.05) is 60.7 Å². The van der Waals surface area contributed by atoms with Gasteiger partial charge < -0.3 is 4.74 Å². The van der Waals surface area contributed by atoms with Crippen LogP contribution in [0, 0.1) is 0 Å². The monoisotopic (exact) mass is 414 g/mol. The summed E-state index contributed by atoms with van der Waals surface area (Å²) >= 11 is 7.45. The minimum Gasteiger partial charge on any atom is -0.465 e. The van der Waals surface area contributed by atoms with Crippen molar-refractivity contribution in [3.8, 4) is 0 Å². The van der Waals surface area contributed by atoms with Crippen LogP contribution in [0.1, 0.15) is 21.5 Å². The van der Waals surface area contributed by atoms with Gasteiger partial charge in [-0.1, -0.05) is 41.6 Å². The van der Waals surface area contributed by atoms with Gasteiger partial charge in [0.05, 0.1) is 23.5 Å². The Morgan fingerprint density at radius 3 is 2.52 bits per heavy atom. The first-order valence-corrected chi connectivity index (χ1v) is 10.6. The highest BCUT2D eigenvalue weighted by Crippen LogP contribution is 2.38. The molecule has 3 aromatic carbocycles. The van der Waals surface area contributed by atoms with Gasteiger partial charge >= 0.3 is 5.97 Å².